The second kappa shape index (κ2) is 4.34. The van der Waals surface area contributed by atoms with Crippen molar-refractivity contribution in [2.45, 2.75) is 44.4 Å². The van der Waals surface area contributed by atoms with Crippen molar-refractivity contribution in [1.82, 2.24) is 4.37 Å². The van der Waals surface area contributed by atoms with E-state index in [0.717, 1.165) is 6.54 Å². The standard InChI is InChI=1S/C13H18N2S2/c1-9-7-10-11(16-9)12(15-17-10)13(8-14)5-3-2-4-6-13/h7H,2-6,8,14H2,1H3. The molecule has 0 atom stereocenters. The van der Waals surface area contributed by atoms with Crippen LogP contribution in [0.25, 0.3) is 9.40 Å². The van der Waals surface area contributed by atoms with E-state index in [0.29, 0.717) is 0 Å². The average molecular weight is 266 g/mol. The predicted octanol–water partition coefficient (Wildman–Crippen LogP) is 3.83. The minimum absolute atomic E-state index is 0.174. The lowest BCUT2D eigenvalue weighted by Gasteiger charge is -2.34. The maximum Gasteiger partial charge on any atom is 0.0794 e. The first-order valence-corrected chi connectivity index (χ1v) is 7.90. The average Bonchev–Trinajstić information content (AvgIpc) is 2.88. The van der Waals surface area contributed by atoms with Crippen LogP contribution in [0.1, 0.15) is 42.7 Å². The van der Waals surface area contributed by atoms with E-state index in [-0.39, 0.29) is 5.41 Å². The highest BCUT2D eigenvalue weighted by Gasteiger charge is 2.36. The molecule has 4 heteroatoms. The fraction of sp³-hybridized carbons (Fsp3) is 0.615. The van der Waals surface area contributed by atoms with E-state index in [9.17, 15) is 0 Å². The lowest BCUT2D eigenvalue weighted by atomic mass is 9.72. The number of aryl methyl sites for hydroxylation is 1. The summed E-state index contributed by atoms with van der Waals surface area (Å²) < 4.78 is 7.49. The molecule has 2 aromatic rings. The van der Waals surface area contributed by atoms with E-state index in [1.54, 1.807) is 11.5 Å². The van der Waals surface area contributed by atoms with Crippen LogP contribution in [0, 0.1) is 6.92 Å². The summed E-state index contributed by atoms with van der Waals surface area (Å²) in [5, 5.41) is 0. The Morgan fingerprint density at radius 3 is 2.82 bits per heavy atom. The summed E-state index contributed by atoms with van der Waals surface area (Å²) in [5.41, 5.74) is 7.57. The molecule has 2 nitrogen and oxygen atoms in total. The van der Waals surface area contributed by atoms with Gasteiger partial charge in [-0.1, -0.05) is 19.3 Å². The summed E-state index contributed by atoms with van der Waals surface area (Å²) in [4.78, 5) is 1.39. The fourth-order valence-electron chi connectivity index (χ4n) is 2.96. The van der Waals surface area contributed by atoms with Gasteiger partial charge in [0.1, 0.15) is 0 Å². The van der Waals surface area contributed by atoms with Gasteiger partial charge in [0.15, 0.2) is 0 Å². The van der Waals surface area contributed by atoms with Crippen LogP contribution in [0.4, 0.5) is 0 Å². The molecule has 0 radical (unpaired) electrons. The third-order valence-electron chi connectivity index (χ3n) is 3.98. The van der Waals surface area contributed by atoms with Crippen LogP contribution in [0.2, 0.25) is 0 Å². The minimum atomic E-state index is 0.174. The van der Waals surface area contributed by atoms with Gasteiger partial charge in [0.2, 0.25) is 0 Å². The number of nitrogens with zero attached hydrogens (tertiary/aromatic N) is 1. The summed E-state index contributed by atoms with van der Waals surface area (Å²) in [6.45, 7) is 2.93. The first-order valence-electron chi connectivity index (χ1n) is 6.31. The topological polar surface area (TPSA) is 38.9 Å². The normalized spacial score (nSPS) is 19.9. The summed E-state index contributed by atoms with van der Waals surface area (Å²) >= 11 is 3.53. The highest BCUT2D eigenvalue weighted by atomic mass is 32.1. The lowest BCUT2D eigenvalue weighted by molar-refractivity contribution is 0.298. The third kappa shape index (κ3) is 1.83. The Labute approximate surface area is 110 Å². The monoisotopic (exact) mass is 266 g/mol. The van der Waals surface area contributed by atoms with Crippen molar-refractivity contribution in [3.8, 4) is 0 Å². The van der Waals surface area contributed by atoms with Crippen LogP contribution >= 0.6 is 22.9 Å². The molecule has 0 spiro atoms. The number of hydrogen-bond donors (Lipinski definition) is 1. The molecular weight excluding hydrogens is 248 g/mol. The molecule has 1 fully saturated rings. The van der Waals surface area contributed by atoms with E-state index in [1.165, 1.54) is 52.1 Å². The molecule has 0 aliphatic heterocycles. The van der Waals surface area contributed by atoms with Crippen molar-refractivity contribution in [3.05, 3.63) is 16.6 Å². The largest absolute Gasteiger partial charge is 0.330 e. The van der Waals surface area contributed by atoms with Gasteiger partial charge in [-0.25, -0.2) is 0 Å². The summed E-state index contributed by atoms with van der Waals surface area (Å²) in [6, 6.07) is 2.26. The highest BCUT2D eigenvalue weighted by molar-refractivity contribution is 7.25. The Morgan fingerprint density at radius 1 is 1.35 bits per heavy atom. The molecule has 0 aromatic carbocycles. The molecule has 2 aromatic heterocycles. The molecule has 0 unspecified atom stereocenters. The van der Waals surface area contributed by atoms with Crippen molar-refractivity contribution < 1.29 is 0 Å². The van der Waals surface area contributed by atoms with Crippen LogP contribution in [-0.2, 0) is 5.41 Å². The van der Waals surface area contributed by atoms with Gasteiger partial charge in [-0.05, 0) is 37.4 Å². The molecule has 2 N–H and O–H groups in total. The van der Waals surface area contributed by atoms with Crippen LogP contribution in [0.3, 0.4) is 0 Å². The zero-order valence-corrected chi connectivity index (χ0v) is 11.8. The molecule has 0 amide bonds. The van der Waals surface area contributed by atoms with Crippen LogP contribution < -0.4 is 5.73 Å². The van der Waals surface area contributed by atoms with E-state index in [2.05, 4.69) is 13.0 Å². The first kappa shape index (κ1) is 11.6. The van der Waals surface area contributed by atoms with E-state index >= 15 is 0 Å². The van der Waals surface area contributed by atoms with Gasteiger partial charge in [0, 0.05) is 16.8 Å². The SMILES string of the molecule is Cc1cc2snc(C3(CN)CCCCC3)c2s1. The molecule has 2 heterocycles. The first-order chi connectivity index (χ1) is 8.25. The smallest absolute Gasteiger partial charge is 0.0794 e. The number of rotatable bonds is 2. The maximum absolute atomic E-state index is 6.10. The molecule has 0 saturated heterocycles. The van der Waals surface area contributed by atoms with Crippen molar-refractivity contribution in [1.29, 1.82) is 0 Å². The molecule has 17 heavy (non-hydrogen) atoms. The number of fused-ring (bicyclic) bond motifs is 1. The number of hydrogen-bond acceptors (Lipinski definition) is 4. The maximum atomic E-state index is 6.10. The van der Waals surface area contributed by atoms with Gasteiger partial charge in [0.05, 0.1) is 15.1 Å². The zero-order chi connectivity index (χ0) is 11.9. The van der Waals surface area contributed by atoms with Gasteiger partial charge in [-0.2, -0.15) is 4.37 Å². The van der Waals surface area contributed by atoms with Crippen LogP contribution in [-0.4, -0.2) is 10.9 Å². The lowest BCUT2D eigenvalue weighted by Crippen LogP contribution is -2.37. The number of aromatic nitrogens is 1. The Morgan fingerprint density at radius 2 is 2.12 bits per heavy atom. The Hall–Kier alpha value is -0.450. The van der Waals surface area contributed by atoms with Crippen LogP contribution in [0.5, 0.6) is 0 Å². The molecule has 92 valence electrons. The predicted molar refractivity (Wildman–Crippen MR) is 76.1 cm³/mol. The fourth-order valence-corrected chi connectivity index (χ4v) is 5.23. The van der Waals surface area contributed by atoms with Crippen LogP contribution in [0.15, 0.2) is 6.07 Å². The number of thiophene rings is 1. The Kier molecular flexibility index (Phi) is 2.97. The Bertz CT molecular complexity index is 520. The van der Waals surface area contributed by atoms with Gasteiger partial charge in [-0.3, -0.25) is 0 Å². The molecule has 3 rings (SSSR count). The zero-order valence-electron chi connectivity index (χ0n) is 10.2. The highest BCUT2D eigenvalue weighted by Crippen LogP contribution is 2.44. The Balaban J connectivity index is 2.11. The van der Waals surface area contributed by atoms with E-state index < -0.39 is 0 Å². The molecule has 1 aliphatic carbocycles. The molecule has 1 saturated carbocycles. The van der Waals surface area contributed by atoms with E-state index in [4.69, 9.17) is 10.1 Å². The van der Waals surface area contributed by atoms with Gasteiger partial charge >= 0.3 is 0 Å². The van der Waals surface area contributed by atoms with E-state index in [1.807, 2.05) is 11.3 Å². The van der Waals surface area contributed by atoms with Gasteiger partial charge in [-0.15, -0.1) is 11.3 Å². The third-order valence-corrected chi connectivity index (χ3v) is 5.95. The van der Waals surface area contributed by atoms with Crippen molar-refractivity contribution in [2.24, 2.45) is 5.73 Å². The second-order valence-corrected chi connectivity index (χ2v) is 7.19. The van der Waals surface area contributed by atoms with Crippen molar-refractivity contribution in [3.63, 3.8) is 0 Å². The second-order valence-electron chi connectivity index (χ2n) is 5.13. The minimum Gasteiger partial charge on any atom is -0.330 e. The van der Waals surface area contributed by atoms with Crippen molar-refractivity contribution in [2.75, 3.05) is 6.54 Å². The van der Waals surface area contributed by atoms with Crippen molar-refractivity contribution >= 4 is 32.3 Å². The summed E-state index contributed by atoms with van der Waals surface area (Å²) in [7, 11) is 0. The summed E-state index contributed by atoms with van der Waals surface area (Å²) in [6.07, 6.45) is 6.41. The van der Waals surface area contributed by atoms with Gasteiger partial charge in [0.25, 0.3) is 0 Å². The summed E-state index contributed by atoms with van der Waals surface area (Å²) in [5.74, 6) is 0. The molecule has 0 bridgehead atoms. The number of nitrogens with two attached hydrogens (primary N) is 1. The quantitative estimate of drug-likeness (QED) is 0.897. The molecule has 1 aliphatic rings. The molecular formula is C13H18N2S2. The van der Waals surface area contributed by atoms with Gasteiger partial charge < -0.3 is 5.73 Å².